The van der Waals surface area contributed by atoms with Gasteiger partial charge < -0.3 is 10.1 Å². The molecule has 1 aromatic carbocycles. The third-order valence-corrected chi connectivity index (χ3v) is 7.18. The molecule has 2 unspecified atom stereocenters. The zero-order valence-corrected chi connectivity index (χ0v) is 15.5. The molecule has 4 rings (SSSR count). The first-order valence-corrected chi connectivity index (χ1v) is 10.3. The second kappa shape index (κ2) is 6.98. The molecule has 2 fully saturated rings. The van der Waals surface area contributed by atoms with Crippen LogP contribution in [-0.2, 0) is 23.7 Å². The first-order valence-electron chi connectivity index (χ1n) is 8.86. The van der Waals surface area contributed by atoms with Crippen LogP contribution >= 0.6 is 0 Å². The van der Waals surface area contributed by atoms with Gasteiger partial charge in [-0.15, -0.1) is 0 Å². The molecule has 9 heteroatoms. The summed E-state index contributed by atoms with van der Waals surface area (Å²) in [6.07, 6.45) is 4.22. The Kier molecular flexibility index (Phi) is 4.68. The van der Waals surface area contributed by atoms with Crippen LogP contribution in [0.4, 0.5) is 0 Å². The van der Waals surface area contributed by atoms with E-state index in [9.17, 15) is 8.42 Å². The maximum Gasteiger partial charge on any atom is 0.243 e. The lowest BCUT2D eigenvalue weighted by atomic mass is 10.1. The number of nitrogens with zero attached hydrogens (tertiary/aromatic N) is 4. The molecule has 2 bridgehead atoms. The molecule has 2 saturated heterocycles. The summed E-state index contributed by atoms with van der Waals surface area (Å²) < 4.78 is 35.3. The van der Waals surface area contributed by atoms with Crippen molar-refractivity contribution in [2.75, 3.05) is 13.1 Å². The van der Waals surface area contributed by atoms with E-state index in [1.807, 2.05) is 0 Å². The summed E-state index contributed by atoms with van der Waals surface area (Å²) in [5, 5.41) is 7.33. The quantitative estimate of drug-likeness (QED) is 0.833. The summed E-state index contributed by atoms with van der Waals surface area (Å²) in [6.45, 7) is 1.89. The molecule has 2 aromatic rings. The van der Waals surface area contributed by atoms with Crippen molar-refractivity contribution < 1.29 is 13.2 Å². The molecule has 0 spiro atoms. The van der Waals surface area contributed by atoms with E-state index in [1.165, 1.54) is 6.33 Å². The molecule has 3 heterocycles. The van der Waals surface area contributed by atoms with E-state index in [1.54, 1.807) is 40.3 Å². The first-order chi connectivity index (χ1) is 12.6. The van der Waals surface area contributed by atoms with Gasteiger partial charge in [0.1, 0.15) is 18.7 Å². The van der Waals surface area contributed by atoms with E-state index >= 15 is 0 Å². The Morgan fingerprint density at radius 2 is 1.96 bits per heavy atom. The number of nitrogens with one attached hydrogen (secondary N) is 1. The minimum Gasteiger partial charge on any atom is -0.486 e. The Balaban J connectivity index is 1.50. The van der Waals surface area contributed by atoms with Crippen LogP contribution in [0.2, 0.25) is 0 Å². The predicted octanol–water partition coefficient (Wildman–Crippen LogP) is 0.909. The van der Waals surface area contributed by atoms with E-state index in [0.29, 0.717) is 16.5 Å². The van der Waals surface area contributed by atoms with E-state index in [4.69, 9.17) is 4.74 Å². The lowest BCUT2D eigenvalue weighted by Gasteiger charge is -2.26. The zero-order valence-electron chi connectivity index (χ0n) is 14.7. The van der Waals surface area contributed by atoms with E-state index < -0.39 is 10.0 Å². The van der Waals surface area contributed by atoms with Gasteiger partial charge in [0.2, 0.25) is 10.0 Å². The maximum absolute atomic E-state index is 13.1. The lowest BCUT2D eigenvalue weighted by Crippen LogP contribution is -2.42. The number of fused-ring (bicyclic) bond motifs is 2. The highest BCUT2D eigenvalue weighted by molar-refractivity contribution is 7.89. The molecule has 2 aliphatic heterocycles. The average molecular weight is 377 g/mol. The van der Waals surface area contributed by atoms with Gasteiger partial charge in [0.15, 0.2) is 5.82 Å². The van der Waals surface area contributed by atoms with Crippen molar-refractivity contribution in [2.24, 2.45) is 7.05 Å². The van der Waals surface area contributed by atoms with E-state index in [0.717, 1.165) is 32.4 Å². The summed E-state index contributed by atoms with van der Waals surface area (Å²) >= 11 is 0. The Morgan fingerprint density at radius 1 is 1.19 bits per heavy atom. The molecule has 140 valence electrons. The topological polar surface area (TPSA) is 89.3 Å². The van der Waals surface area contributed by atoms with Crippen molar-refractivity contribution in [3.05, 3.63) is 36.4 Å². The fraction of sp³-hybridized carbons (Fsp3) is 0.529. The number of hydrogen-bond donors (Lipinski definition) is 1. The summed E-state index contributed by atoms with van der Waals surface area (Å²) in [4.78, 5) is 4.42. The number of ether oxygens (including phenoxy) is 1. The van der Waals surface area contributed by atoms with Crippen LogP contribution in [0.3, 0.4) is 0 Å². The van der Waals surface area contributed by atoms with Gasteiger partial charge in [0.05, 0.1) is 4.90 Å². The Bertz CT molecular complexity index is 851. The SMILES string of the molecule is Cn1ncnc1COc1ccc(S(=O)(=O)N2C3CCNCC2CC3)cc1. The van der Waals surface area contributed by atoms with Crippen molar-refractivity contribution in [2.45, 2.75) is 42.8 Å². The van der Waals surface area contributed by atoms with Gasteiger partial charge in [0.25, 0.3) is 0 Å². The fourth-order valence-electron chi connectivity index (χ4n) is 3.76. The molecule has 26 heavy (non-hydrogen) atoms. The van der Waals surface area contributed by atoms with Crippen LogP contribution in [0.25, 0.3) is 0 Å². The summed E-state index contributed by atoms with van der Waals surface area (Å²) in [6, 6.07) is 6.80. The molecule has 0 radical (unpaired) electrons. The van der Waals surface area contributed by atoms with E-state index in [-0.39, 0.29) is 18.7 Å². The third-order valence-electron chi connectivity index (χ3n) is 5.16. The van der Waals surface area contributed by atoms with Gasteiger partial charge in [-0.2, -0.15) is 9.40 Å². The Labute approximate surface area is 153 Å². The smallest absolute Gasteiger partial charge is 0.243 e. The molecule has 0 aliphatic carbocycles. The highest BCUT2D eigenvalue weighted by atomic mass is 32.2. The summed E-state index contributed by atoms with van der Waals surface area (Å²) in [5.41, 5.74) is 0. The number of aromatic nitrogens is 3. The van der Waals surface area contributed by atoms with Crippen molar-refractivity contribution in [1.82, 2.24) is 24.4 Å². The Hall–Kier alpha value is -1.97. The van der Waals surface area contributed by atoms with Gasteiger partial charge in [0, 0.05) is 25.7 Å². The van der Waals surface area contributed by atoms with Crippen LogP contribution in [-0.4, -0.2) is 52.7 Å². The van der Waals surface area contributed by atoms with Crippen LogP contribution in [0.5, 0.6) is 5.75 Å². The predicted molar refractivity (Wildman–Crippen MR) is 95.1 cm³/mol. The fourth-order valence-corrected chi connectivity index (χ4v) is 5.66. The van der Waals surface area contributed by atoms with Crippen molar-refractivity contribution >= 4 is 10.0 Å². The van der Waals surface area contributed by atoms with Crippen molar-refractivity contribution in [3.63, 3.8) is 0 Å². The normalized spacial score (nSPS) is 23.7. The molecular formula is C17H23N5O3S. The van der Waals surface area contributed by atoms with Gasteiger partial charge in [-0.1, -0.05) is 0 Å². The molecule has 2 atom stereocenters. The van der Waals surface area contributed by atoms with Gasteiger partial charge >= 0.3 is 0 Å². The number of hydrogen-bond acceptors (Lipinski definition) is 6. The van der Waals surface area contributed by atoms with Gasteiger partial charge in [-0.25, -0.2) is 13.4 Å². The molecule has 8 nitrogen and oxygen atoms in total. The first kappa shape index (κ1) is 17.4. The molecule has 0 saturated carbocycles. The highest BCUT2D eigenvalue weighted by Crippen LogP contribution is 2.34. The molecular weight excluding hydrogens is 354 g/mol. The second-order valence-electron chi connectivity index (χ2n) is 6.77. The molecule has 2 aliphatic rings. The highest BCUT2D eigenvalue weighted by Gasteiger charge is 2.42. The largest absolute Gasteiger partial charge is 0.486 e. The summed E-state index contributed by atoms with van der Waals surface area (Å²) in [7, 11) is -1.69. The molecule has 0 amide bonds. The third kappa shape index (κ3) is 3.22. The van der Waals surface area contributed by atoms with Crippen LogP contribution < -0.4 is 10.1 Å². The monoisotopic (exact) mass is 377 g/mol. The van der Waals surface area contributed by atoms with Crippen molar-refractivity contribution in [1.29, 1.82) is 0 Å². The van der Waals surface area contributed by atoms with Crippen molar-refractivity contribution in [3.8, 4) is 5.75 Å². The van der Waals surface area contributed by atoms with Gasteiger partial charge in [-0.05, 0) is 50.1 Å². The van der Waals surface area contributed by atoms with E-state index in [2.05, 4.69) is 15.4 Å². The summed E-state index contributed by atoms with van der Waals surface area (Å²) in [5.74, 6) is 1.31. The molecule has 1 N–H and O–H groups in total. The number of rotatable bonds is 5. The number of aryl methyl sites for hydroxylation is 1. The number of sulfonamides is 1. The Morgan fingerprint density at radius 3 is 2.69 bits per heavy atom. The average Bonchev–Trinajstić information content (AvgIpc) is 3.15. The maximum atomic E-state index is 13.1. The lowest BCUT2D eigenvalue weighted by molar-refractivity contribution is 0.289. The second-order valence-corrected chi connectivity index (χ2v) is 8.62. The molecule has 1 aromatic heterocycles. The van der Waals surface area contributed by atoms with Gasteiger partial charge in [-0.3, -0.25) is 4.68 Å². The minimum absolute atomic E-state index is 0.0549. The standard InChI is InChI=1S/C17H23N5O3S/c1-21-17(19-12-20-21)11-25-15-4-6-16(7-5-15)26(23,24)22-13-2-3-14(22)10-18-9-8-13/h4-7,12-14,18H,2-3,8-11H2,1H3. The number of benzene rings is 1. The zero-order chi connectivity index (χ0) is 18.1. The van der Waals surface area contributed by atoms with Crippen LogP contribution in [0.1, 0.15) is 25.1 Å². The minimum atomic E-state index is -3.49. The van der Waals surface area contributed by atoms with Crippen LogP contribution in [0.15, 0.2) is 35.5 Å². The van der Waals surface area contributed by atoms with Crippen LogP contribution in [0, 0.1) is 0 Å².